The molecule has 0 atom stereocenters. The molecular formula is C22H21NO5S. The highest BCUT2D eigenvalue weighted by atomic mass is 32.2. The number of aliphatic carboxylic acids is 1. The Morgan fingerprint density at radius 3 is 2.00 bits per heavy atom. The van der Waals surface area contributed by atoms with Gasteiger partial charge in [0.25, 0.3) is 10.0 Å². The Hall–Kier alpha value is -3.32. The first-order valence-electron chi connectivity index (χ1n) is 9.00. The van der Waals surface area contributed by atoms with Crippen LogP contribution in [0.15, 0.2) is 77.7 Å². The summed E-state index contributed by atoms with van der Waals surface area (Å²) in [5, 5.41) is 8.72. The van der Waals surface area contributed by atoms with Gasteiger partial charge < -0.3 is 9.84 Å². The molecule has 150 valence electrons. The summed E-state index contributed by atoms with van der Waals surface area (Å²) in [7, 11) is -3.75. The van der Waals surface area contributed by atoms with E-state index in [0.29, 0.717) is 23.6 Å². The van der Waals surface area contributed by atoms with Gasteiger partial charge in [-0.2, -0.15) is 0 Å². The molecule has 0 saturated carbocycles. The molecule has 2 N–H and O–H groups in total. The van der Waals surface area contributed by atoms with Crippen LogP contribution in [0.4, 0.5) is 5.69 Å². The van der Waals surface area contributed by atoms with Gasteiger partial charge in [0, 0.05) is 12.1 Å². The number of sulfonamides is 1. The second-order valence-electron chi connectivity index (χ2n) is 6.58. The standard InChI is InChI=1S/C22H21NO5S/c1-16-2-9-19(10-3-16)28-20-11-7-18(8-12-20)23-29(26,27)21-13-4-17(5-14-21)6-15-22(24)25/h2-5,7-14,23H,6,15H2,1H3,(H,24,25). The predicted octanol–water partition coefficient (Wildman–Crippen LogP) is 4.61. The molecule has 0 aliphatic carbocycles. The highest BCUT2D eigenvalue weighted by Gasteiger charge is 2.14. The van der Waals surface area contributed by atoms with Crippen molar-refractivity contribution < 1.29 is 23.1 Å². The Morgan fingerprint density at radius 2 is 1.45 bits per heavy atom. The highest BCUT2D eigenvalue weighted by Crippen LogP contribution is 2.24. The van der Waals surface area contributed by atoms with Crippen molar-refractivity contribution >= 4 is 21.7 Å². The van der Waals surface area contributed by atoms with Crippen LogP contribution in [0.1, 0.15) is 17.5 Å². The van der Waals surface area contributed by atoms with Crippen molar-refractivity contribution in [3.8, 4) is 11.5 Å². The third-order valence-corrected chi connectivity index (χ3v) is 5.62. The number of benzene rings is 3. The molecule has 0 fully saturated rings. The average Bonchev–Trinajstić information content (AvgIpc) is 2.70. The fraction of sp³-hybridized carbons (Fsp3) is 0.136. The minimum atomic E-state index is -3.75. The SMILES string of the molecule is Cc1ccc(Oc2ccc(NS(=O)(=O)c3ccc(CCC(=O)O)cc3)cc2)cc1. The second kappa shape index (κ2) is 8.79. The van der Waals surface area contributed by atoms with E-state index < -0.39 is 16.0 Å². The molecule has 0 amide bonds. The molecule has 0 saturated heterocycles. The summed E-state index contributed by atoms with van der Waals surface area (Å²) in [6.07, 6.45) is 0.354. The molecule has 0 aliphatic rings. The average molecular weight is 411 g/mol. The number of hydrogen-bond acceptors (Lipinski definition) is 4. The van der Waals surface area contributed by atoms with Gasteiger partial charge in [0.1, 0.15) is 11.5 Å². The van der Waals surface area contributed by atoms with E-state index in [1.807, 2.05) is 31.2 Å². The van der Waals surface area contributed by atoms with Crippen LogP contribution in [0.2, 0.25) is 0 Å². The summed E-state index contributed by atoms with van der Waals surface area (Å²) >= 11 is 0. The van der Waals surface area contributed by atoms with E-state index in [1.165, 1.54) is 12.1 Å². The summed E-state index contributed by atoms with van der Waals surface area (Å²) in [4.78, 5) is 10.7. The van der Waals surface area contributed by atoms with Crippen LogP contribution in [0.25, 0.3) is 0 Å². The van der Waals surface area contributed by atoms with E-state index in [1.54, 1.807) is 36.4 Å². The van der Waals surface area contributed by atoms with Gasteiger partial charge in [-0.15, -0.1) is 0 Å². The maximum atomic E-state index is 12.6. The van der Waals surface area contributed by atoms with Gasteiger partial charge in [0.15, 0.2) is 0 Å². The van der Waals surface area contributed by atoms with Crippen molar-refractivity contribution in [2.45, 2.75) is 24.7 Å². The lowest BCUT2D eigenvalue weighted by Gasteiger charge is -2.10. The maximum Gasteiger partial charge on any atom is 0.303 e. The first kappa shape index (κ1) is 20.4. The van der Waals surface area contributed by atoms with Crippen LogP contribution in [0.5, 0.6) is 11.5 Å². The smallest absolute Gasteiger partial charge is 0.303 e. The quantitative estimate of drug-likeness (QED) is 0.565. The lowest BCUT2D eigenvalue weighted by atomic mass is 10.1. The molecule has 0 aromatic heterocycles. The number of carbonyl (C=O) groups is 1. The first-order valence-corrected chi connectivity index (χ1v) is 10.5. The fourth-order valence-electron chi connectivity index (χ4n) is 2.63. The van der Waals surface area contributed by atoms with E-state index in [2.05, 4.69) is 4.72 Å². The van der Waals surface area contributed by atoms with Gasteiger partial charge in [0.2, 0.25) is 0 Å². The summed E-state index contributed by atoms with van der Waals surface area (Å²) in [6, 6.07) is 20.4. The minimum absolute atomic E-state index is 0.00134. The summed E-state index contributed by atoms with van der Waals surface area (Å²) in [5.41, 5.74) is 2.32. The third-order valence-electron chi connectivity index (χ3n) is 4.22. The summed E-state index contributed by atoms with van der Waals surface area (Å²) in [5.74, 6) is 0.407. The van der Waals surface area contributed by atoms with E-state index in [4.69, 9.17) is 9.84 Å². The molecule has 0 bridgehead atoms. The lowest BCUT2D eigenvalue weighted by Crippen LogP contribution is -2.12. The number of nitrogens with one attached hydrogen (secondary N) is 1. The van der Waals surface area contributed by atoms with E-state index in [9.17, 15) is 13.2 Å². The zero-order chi connectivity index (χ0) is 20.9. The number of carboxylic acid groups (broad SMARTS) is 1. The molecule has 7 heteroatoms. The van der Waals surface area contributed by atoms with Crippen LogP contribution in [-0.2, 0) is 21.2 Å². The molecule has 0 radical (unpaired) electrons. The molecule has 6 nitrogen and oxygen atoms in total. The number of carboxylic acids is 1. The molecule has 3 aromatic rings. The number of hydrogen-bond donors (Lipinski definition) is 2. The monoisotopic (exact) mass is 411 g/mol. The van der Waals surface area contributed by atoms with Crippen molar-refractivity contribution in [1.29, 1.82) is 0 Å². The Kier molecular flexibility index (Phi) is 6.19. The predicted molar refractivity (Wildman–Crippen MR) is 111 cm³/mol. The van der Waals surface area contributed by atoms with Gasteiger partial charge in [-0.1, -0.05) is 29.8 Å². The van der Waals surface area contributed by atoms with Crippen molar-refractivity contribution in [2.75, 3.05) is 4.72 Å². The Bertz CT molecular complexity index is 1070. The molecule has 3 rings (SSSR count). The van der Waals surface area contributed by atoms with Crippen molar-refractivity contribution in [3.63, 3.8) is 0 Å². The zero-order valence-electron chi connectivity index (χ0n) is 15.8. The third kappa shape index (κ3) is 5.83. The van der Waals surface area contributed by atoms with Gasteiger partial charge in [-0.05, 0) is 67.4 Å². The topological polar surface area (TPSA) is 92.7 Å². The summed E-state index contributed by atoms with van der Waals surface area (Å²) in [6.45, 7) is 1.99. The molecule has 0 aliphatic heterocycles. The van der Waals surface area contributed by atoms with E-state index >= 15 is 0 Å². The number of rotatable bonds is 8. The Balaban J connectivity index is 1.65. The normalized spacial score (nSPS) is 11.1. The van der Waals surface area contributed by atoms with E-state index in [-0.39, 0.29) is 11.3 Å². The van der Waals surface area contributed by atoms with Gasteiger partial charge >= 0.3 is 5.97 Å². The molecule has 3 aromatic carbocycles. The first-order chi connectivity index (χ1) is 13.8. The Morgan fingerprint density at radius 1 is 0.897 bits per heavy atom. The maximum absolute atomic E-state index is 12.6. The number of ether oxygens (including phenoxy) is 1. The lowest BCUT2D eigenvalue weighted by molar-refractivity contribution is -0.136. The largest absolute Gasteiger partial charge is 0.481 e. The van der Waals surface area contributed by atoms with Crippen molar-refractivity contribution in [3.05, 3.63) is 83.9 Å². The van der Waals surface area contributed by atoms with Crippen LogP contribution in [0.3, 0.4) is 0 Å². The molecule has 0 spiro atoms. The Labute approximate surface area is 169 Å². The van der Waals surface area contributed by atoms with Crippen LogP contribution >= 0.6 is 0 Å². The molecule has 0 unspecified atom stereocenters. The van der Waals surface area contributed by atoms with Crippen LogP contribution in [0, 0.1) is 6.92 Å². The van der Waals surface area contributed by atoms with Crippen LogP contribution < -0.4 is 9.46 Å². The number of aryl methyl sites for hydroxylation is 2. The van der Waals surface area contributed by atoms with Gasteiger partial charge in [-0.3, -0.25) is 9.52 Å². The van der Waals surface area contributed by atoms with Crippen molar-refractivity contribution in [2.24, 2.45) is 0 Å². The molecular weight excluding hydrogens is 390 g/mol. The van der Waals surface area contributed by atoms with Crippen molar-refractivity contribution in [1.82, 2.24) is 0 Å². The van der Waals surface area contributed by atoms with Crippen LogP contribution in [-0.4, -0.2) is 19.5 Å². The summed E-state index contributed by atoms with van der Waals surface area (Å²) < 4.78 is 33.4. The van der Waals surface area contributed by atoms with Gasteiger partial charge in [0.05, 0.1) is 4.90 Å². The molecule has 29 heavy (non-hydrogen) atoms. The fourth-order valence-corrected chi connectivity index (χ4v) is 3.69. The second-order valence-corrected chi connectivity index (χ2v) is 8.27. The highest BCUT2D eigenvalue weighted by molar-refractivity contribution is 7.92. The molecule has 0 heterocycles. The minimum Gasteiger partial charge on any atom is -0.481 e. The number of anilines is 1. The zero-order valence-corrected chi connectivity index (χ0v) is 16.6. The van der Waals surface area contributed by atoms with Gasteiger partial charge in [-0.25, -0.2) is 8.42 Å². The van der Waals surface area contributed by atoms with E-state index in [0.717, 1.165) is 11.1 Å².